The molecule has 4 aromatic carbocycles. The lowest BCUT2D eigenvalue weighted by Crippen LogP contribution is -2.40. The van der Waals surface area contributed by atoms with Crippen molar-refractivity contribution in [3.05, 3.63) is 153 Å². The number of esters is 2. The highest BCUT2D eigenvalue weighted by molar-refractivity contribution is 14.1. The molecular formula is C39H32FIN2O7S. The fourth-order valence-corrected chi connectivity index (χ4v) is 7.40. The Morgan fingerprint density at radius 3 is 2.29 bits per heavy atom. The zero-order valence-corrected chi connectivity index (χ0v) is 30.8. The van der Waals surface area contributed by atoms with E-state index in [2.05, 4.69) is 22.6 Å². The molecule has 0 saturated heterocycles. The quantitative estimate of drug-likeness (QED) is 0.112. The van der Waals surface area contributed by atoms with Gasteiger partial charge in [0.25, 0.3) is 5.56 Å². The summed E-state index contributed by atoms with van der Waals surface area (Å²) >= 11 is 3.34. The van der Waals surface area contributed by atoms with Gasteiger partial charge in [0.05, 0.1) is 51.3 Å². The van der Waals surface area contributed by atoms with E-state index < -0.39 is 17.8 Å². The first kappa shape index (κ1) is 35.7. The average molecular weight is 819 g/mol. The van der Waals surface area contributed by atoms with E-state index in [0.29, 0.717) is 55.4 Å². The van der Waals surface area contributed by atoms with Crippen molar-refractivity contribution in [2.75, 3.05) is 20.3 Å². The van der Waals surface area contributed by atoms with Gasteiger partial charge >= 0.3 is 11.9 Å². The first-order valence-electron chi connectivity index (χ1n) is 16.0. The molecule has 12 heteroatoms. The van der Waals surface area contributed by atoms with E-state index in [9.17, 15) is 18.8 Å². The molecule has 0 unspecified atom stereocenters. The van der Waals surface area contributed by atoms with Gasteiger partial charge in [0.15, 0.2) is 16.3 Å². The second-order valence-electron chi connectivity index (χ2n) is 11.2. The van der Waals surface area contributed by atoms with Gasteiger partial charge in [-0.05, 0) is 95.6 Å². The summed E-state index contributed by atoms with van der Waals surface area (Å²) in [6, 6.07) is 24.6. The topological polar surface area (TPSA) is 105 Å². The monoisotopic (exact) mass is 818 g/mol. The van der Waals surface area contributed by atoms with Crippen LogP contribution in [0.3, 0.4) is 0 Å². The summed E-state index contributed by atoms with van der Waals surface area (Å²) < 4.78 is 39.1. The predicted octanol–water partition coefficient (Wildman–Crippen LogP) is 6.44. The number of hydrogen-bond acceptors (Lipinski definition) is 9. The number of rotatable bonds is 11. The Morgan fingerprint density at radius 1 is 0.941 bits per heavy atom. The predicted molar refractivity (Wildman–Crippen MR) is 200 cm³/mol. The van der Waals surface area contributed by atoms with Crippen LogP contribution >= 0.6 is 33.9 Å². The maximum Gasteiger partial charge on any atom is 0.338 e. The number of benzene rings is 4. The van der Waals surface area contributed by atoms with Gasteiger partial charge in [0, 0.05) is 5.56 Å². The summed E-state index contributed by atoms with van der Waals surface area (Å²) in [5.41, 5.74) is 3.38. The molecule has 260 valence electrons. The third-order valence-electron chi connectivity index (χ3n) is 7.96. The Balaban J connectivity index is 1.41. The van der Waals surface area contributed by atoms with Crippen molar-refractivity contribution in [1.29, 1.82) is 0 Å². The lowest BCUT2D eigenvalue weighted by Gasteiger charge is -2.25. The van der Waals surface area contributed by atoms with E-state index in [1.54, 1.807) is 62.4 Å². The van der Waals surface area contributed by atoms with Gasteiger partial charge in [-0.15, -0.1) is 0 Å². The van der Waals surface area contributed by atoms with Gasteiger partial charge in [-0.1, -0.05) is 65.9 Å². The molecule has 2 heterocycles. The van der Waals surface area contributed by atoms with Gasteiger partial charge < -0.3 is 18.9 Å². The molecule has 5 aromatic rings. The second-order valence-corrected chi connectivity index (χ2v) is 13.4. The Kier molecular flexibility index (Phi) is 11.1. The van der Waals surface area contributed by atoms with Crippen molar-refractivity contribution in [2.45, 2.75) is 26.5 Å². The van der Waals surface area contributed by atoms with Crippen LogP contribution in [-0.4, -0.2) is 36.8 Å². The summed E-state index contributed by atoms with van der Waals surface area (Å²) in [4.78, 5) is 45.1. The molecule has 0 bridgehead atoms. The first-order valence-corrected chi connectivity index (χ1v) is 17.9. The molecule has 0 fully saturated rings. The van der Waals surface area contributed by atoms with Crippen molar-refractivity contribution >= 4 is 57.6 Å². The minimum Gasteiger partial charge on any atom is -0.493 e. The number of carbonyl (C=O) groups excluding carboxylic acids is 2. The van der Waals surface area contributed by atoms with Crippen LogP contribution in [0.15, 0.2) is 106 Å². The molecule has 0 N–H and O–H groups in total. The maximum atomic E-state index is 14.3. The van der Waals surface area contributed by atoms with E-state index in [1.807, 2.05) is 36.4 Å². The molecule has 0 saturated carbocycles. The summed E-state index contributed by atoms with van der Waals surface area (Å²) in [7, 11) is 1.54. The van der Waals surface area contributed by atoms with Crippen LogP contribution in [0.2, 0.25) is 0 Å². The van der Waals surface area contributed by atoms with Crippen LogP contribution in [-0.2, 0) is 20.9 Å². The Hall–Kier alpha value is -5.08. The number of nitrogens with zero attached hydrogens (tertiary/aromatic N) is 2. The number of ether oxygens (including phenoxy) is 4. The minimum absolute atomic E-state index is 0.118. The molecule has 1 aromatic heterocycles. The number of methoxy groups -OCH3 is 1. The molecule has 51 heavy (non-hydrogen) atoms. The smallest absolute Gasteiger partial charge is 0.338 e. The van der Waals surface area contributed by atoms with E-state index in [4.69, 9.17) is 23.9 Å². The lowest BCUT2D eigenvalue weighted by atomic mass is 9.93. The van der Waals surface area contributed by atoms with Crippen molar-refractivity contribution < 1.29 is 32.9 Å². The number of hydrogen-bond donors (Lipinski definition) is 0. The van der Waals surface area contributed by atoms with Crippen LogP contribution in [0, 0.1) is 9.39 Å². The summed E-state index contributed by atoms with van der Waals surface area (Å²) in [6.45, 7) is 4.11. The van der Waals surface area contributed by atoms with Gasteiger partial charge in [-0.3, -0.25) is 9.36 Å². The zero-order valence-electron chi connectivity index (χ0n) is 27.9. The highest BCUT2D eigenvalue weighted by Gasteiger charge is 2.35. The molecular weight excluding hydrogens is 786 g/mol. The normalized spacial score (nSPS) is 14.1. The van der Waals surface area contributed by atoms with E-state index in [1.165, 1.54) is 35.1 Å². The van der Waals surface area contributed by atoms with Gasteiger partial charge in [0.2, 0.25) is 0 Å². The SMILES string of the molecule is CCOC(=O)C1=C(c2ccccc2)N=c2s/c(=C\c3cc(I)c(OCc4ccc(C(=O)OCC)cc4)c(OC)c3)c(=O)n2[C@@H]1c1ccc(F)cc1. The maximum absolute atomic E-state index is 14.3. The molecule has 6 rings (SSSR count). The number of thiazole rings is 1. The number of aromatic nitrogens is 1. The number of fused-ring (bicyclic) bond motifs is 1. The Morgan fingerprint density at radius 2 is 1.63 bits per heavy atom. The summed E-state index contributed by atoms with van der Waals surface area (Å²) in [5.74, 6) is -0.461. The third kappa shape index (κ3) is 7.66. The van der Waals surface area contributed by atoms with Crippen molar-refractivity contribution in [2.24, 2.45) is 4.99 Å². The molecule has 1 aliphatic rings. The van der Waals surface area contributed by atoms with Crippen LogP contribution < -0.4 is 24.4 Å². The van der Waals surface area contributed by atoms with E-state index >= 15 is 0 Å². The van der Waals surface area contributed by atoms with Crippen LogP contribution in [0.4, 0.5) is 4.39 Å². The van der Waals surface area contributed by atoms with E-state index in [0.717, 1.165) is 9.13 Å². The van der Waals surface area contributed by atoms with Gasteiger partial charge in [0.1, 0.15) is 12.4 Å². The minimum atomic E-state index is -0.921. The van der Waals surface area contributed by atoms with Crippen LogP contribution in [0.25, 0.3) is 11.8 Å². The molecule has 0 spiro atoms. The number of carbonyl (C=O) groups is 2. The molecule has 9 nitrogen and oxygen atoms in total. The fraction of sp³-hybridized carbons (Fsp3) is 0.179. The standard InChI is InChI=1S/C39H32FIN2O7S/c1-4-48-37(45)27-13-11-23(12-14-27)22-50-35-29(41)19-24(20-30(35)47-3)21-31-36(44)43-34(26-15-17-28(40)18-16-26)32(38(46)49-5-2)33(42-39(43)51-31)25-9-7-6-8-10-25/h6-21,34H,4-5,22H2,1-3H3/b31-21-/t34-/m1/s1. The van der Waals surface area contributed by atoms with Crippen molar-refractivity contribution in [3.63, 3.8) is 0 Å². The molecule has 0 aliphatic carbocycles. The molecule has 1 aliphatic heterocycles. The van der Waals surface area contributed by atoms with Gasteiger partial charge in [-0.2, -0.15) is 0 Å². The highest BCUT2D eigenvalue weighted by Crippen LogP contribution is 2.36. The summed E-state index contributed by atoms with van der Waals surface area (Å²) in [6.07, 6.45) is 1.74. The average Bonchev–Trinajstić information content (AvgIpc) is 3.45. The number of halogens is 2. The molecule has 0 amide bonds. The first-order chi connectivity index (χ1) is 24.7. The van der Waals surface area contributed by atoms with Crippen LogP contribution in [0.1, 0.15) is 52.5 Å². The van der Waals surface area contributed by atoms with Crippen molar-refractivity contribution in [1.82, 2.24) is 4.57 Å². The summed E-state index contributed by atoms with van der Waals surface area (Å²) in [5, 5.41) is 0. The Labute approximate surface area is 310 Å². The fourth-order valence-electron chi connectivity index (χ4n) is 5.62. The Bertz CT molecular complexity index is 2300. The molecule has 1 atom stereocenters. The largest absolute Gasteiger partial charge is 0.493 e. The van der Waals surface area contributed by atoms with Gasteiger partial charge in [-0.25, -0.2) is 19.0 Å². The molecule has 0 radical (unpaired) electrons. The lowest BCUT2D eigenvalue weighted by molar-refractivity contribution is -0.138. The zero-order chi connectivity index (χ0) is 36.1. The second kappa shape index (κ2) is 15.9. The van der Waals surface area contributed by atoms with Crippen molar-refractivity contribution in [3.8, 4) is 11.5 Å². The third-order valence-corrected chi connectivity index (χ3v) is 9.74. The highest BCUT2D eigenvalue weighted by atomic mass is 127. The van der Waals surface area contributed by atoms with E-state index in [-0.39, 0.29) is 30.3 Å². The van der Waals surface area contributed by atoms with Crippen LogP contribution in [0.5, 0.6) is 11.5 Å².